The maximum absolute atomic E-state index is 11.9. The molecule has 2 N–H and O–H groups in total. The summed E-state index contributed by atoms with van der Waals surface area (Å²) in [4.78, 5) is 20.2. The fourth-order valence-corrected chi connectivity index (χ4v) is 2.31. The van der Waals surface area contributed by atoms with Crippen LogP contribution in [0.4, 0.5) is 0 Å². The molecule has 0 radical (unpaired) electrons. The maximum atomic E-state index is 11.9. The molecule has 0 atom stereocenters. The Hall–Kier alpha value is -1.46. The summed E-state index contributed by atoms with van der Waals surface area (Å²) in [7, 11) is 0. The van der Waals surface area contributed by atoms with Crippen LogP contribution < -0.4 is 5.73 Å². The van der Waals surface area contributed by atoms with Crippen LogP contribution in [-0.2, 0) is 11.3 Å². The summed E-state index contributed by atoms with van der Waals surface area (Å²) in [5.74, 6) is 0.244. The molecule has 1 aliphatic heterocycles. The van der Waals surface area contributed by atoms with Crippen molar-refractivity contribution in [1.29, 1.82) is 0 Å². The van der Waals surface area contributed by atoms with Gasteiger partial charge in [-0.1, -0.05) is 0 Å². The zero-order chi connectivity index (χ0) is 13.5. The van der Waals surface area contributed by atoms with E-state index in [1.54, 1.807) is 0 Å². The van der Waals surface area contributed by atoms with Gasteiger partial charge in [0.15, 0.2) is 0 Å². The van der Waals surface area contributed by atoms with Gasteiger partial charge in [-0.25, -0.2) is 0 Å². The Morgan fingerprint density at radius 2 is 1.89 bits per heavy atom. The highest BCUT2D eigenvalue weighted by molar-refractivity contribution is 5.76. The molecule has 0 unspecified atom stereocenters. The average Bonchev–Trinajstić information content (AvgIpc) is 2.46. The van der Waals surface area contributed by atoms with Crippen LogP contribution in [0.1, 0.15) is 18.4 Å². The van der Waals surface area contributed by atoms with E-state index >= 15 is 0 Å². The third-order valence-corrected chi connectivity index (χ3v) is 3.48. The Balaban J connectivity index is 1.75. The van der Waals surface area contributed by atoms with E-state index in [0.717, 1.165) is 39.1 Å². The molecule has 0 aliphatic carbocycles. The number of carbonyl (C=O) groups excluding carboxylic acids is 1. The largest absolute Gasteiger partial charge is 0.340 e. The monoisotopic (exact) mass is 262 g/mol. The zero-order valence-electron chi connectivity index (χ0n) is 11.3. The Bertz CT molecular complexity index is 388. The summed E-state index contributed by atoms with van der Waals surface area (Å²) in [6.07, 6.45) is 5.01. The van der Waals surface area contributed by atoms with Gasteiger partial charge in [0.1, 0.15) is 0 Å². The van der Waals surface area contributed by atoms with Gasteiger partial charge in [0, 0.05) is 51.5 Å². The van der Waals surface area contributed by atoms with Crippen molar-refractivity contribution in [3.63, 3.8) is 0 Å². The maximum Gasteiger partial charge on any atom is 0.222 e. The van der Waals surface area contributed by atoms with Crippen LogP contribution >= 0.6 is 0 Å². The summed E-state index contributed by atoms with van der Waals surface area (Å²) < 4.78 is 0. The number of piperazine rings is 1. The van der Waals surface area contributed by atoms with Gasteiger partial charge < -0.3 is 10.6 Å². The number of rotatable bonds is 5. The minimum absolute atomic E-state index is 0.244. The molecule has 0 saturated carbocycles. The van der Waals surface area contributed by atoms with Crippen molar-refractivity contribution in [2.24, 2.45) is 5.73 Å². The molecule has 1 fully saturated rings. The third kappa shape index (κ3) is 4.29. The van der Waals surface area contributed by atoms with Crippen LogP contribution in [0.3, 0.4) is 0 Å². The van der Waals surface area contributed by atoms with E-state index in [-0.39, 0.29) is 5.91 Å². The molecule has 1 amide bonds. The van der Waals surface area contributed by atoms with Crippen molar-refractivity contribution in [3.05, 3.63) is 30.1 Å². The van der Waals surface area contributed by atoms with Crippen LogP contribution in [0.2, 0.25) is 0 Å². The first-order chi connectivity index (χ1) is 9.29. The summed E-state index contributed by atoms with van der Waals surface area (Å²) in [6.45, 7) is 5.07. The number of amides is 1. The molecule has 5 heteroatoms. The minimum atomic E-state index is 0.244. The molecule has 1 aliphatic rings. The van der Waals surface area contributed by atoms with Gasteiger partial charge >= 0.3 is 0 Å². The van der Waals surface area contributed by atoms with Crippen LogP contribution in [-0.4, -0.2) is 53.4 Å². The topological polar surface area (TPSA) is 62.5 Å². The van der Waals surface area contributed by atoms with Crippen molar-refractivity contribution >= 4 is 5.91 Å². The van der Waals surface area contributed by atoms with E-state index < -0.39 is 0 Å². The summed E-state index contributed by atoms with van der Waals surface area (Å²) in [5.41, 5.74) is 6.71. The predicted molar refractivity (Wildman–Crippen MR) is 74.4 cm³/mol. The lowest BCUT2D eigenvalue weighted by atomic mass is 10.2. The second-order valence-electron chi connectivity index (χ2n) is 4.90. The molecule has 1 saturated heterocycles. The lowest BCUT2D eigenvalue weighted by Crippen LogP contribution is -2.48. The molecule has 0 spiro atoms. The second-order valence-corrected chi connectivity index (χ2v) is 4.90. The number of aromatic nitrogens is 1. The number of nitrogens with zero attached hydrogens (tertiary/aromatic N) is 3. The number of carbonyl (C=O) groups is 1. The molecule has 104 valence electrons. The van der Waals surface area contributed by atoms with Crippen molar-refractivity contribution in [1.82, 2.24) is 14.8 Å². The smallest absolute Gasteiger partial charge is 0.222 e. The van der Waals surface area contributed by atoms with Gasteiger partial charge in [-0.05, 0) is 30.7 Å². The average molecular weight is 262 g/mol. The zero-order valence-corrected chi connectivity index (χ0v) is 11.3. The first kappa shape index (κ1) is 14.0. The van der Waals surface area contributed by atoms with E-state index in [1.807, 2.05) is 29.4 Å². The predicted octanol–water partition coefficient (Wildman–Crippen LogP) is 0.465. The lowest BCUT2D eigenvalue weighted by Gasteiger charge is -2.34. The molecule has 1 aromatic rings. The second kappa shape index (κ2) is 7.21. The number of nitrogens with two attached hydrogens (primary N) is 1. The highest BCUT2D eigenvalue weighted by atomic mass is 16.2. The van der Waals surface area contributed by atoms with E-state index in [0.29, 0.717) is 13.0 Å². The standard InChI is InChI=1S/C14H22N4O/c15-5-1-2-14(19)18-10-8-17(9-11-18)12-13-3-6-16-7-4-13/h3-4,6-7H,1-2,5,8-12,15H2. The number of pyridine rings is 1. The van der Waals surface area contributed by atoms with E-state index in [1.165, 1.54) is 5.56 Å². The van der Waals surface area contributed by atoms with Crippen molar-refractivity contribution < 1.29 is 4.79 Å². The molecular formula is C14H22N4O. The van der Waals surface area contributed by atoms with Gasteiger partial charge in [0.2, 0.25) is 5.91 Å². The van der Waals surface area contributed by atoms with Gasteiger partial charge in [-0.3, -0.25) is 14.7 Å². The molecule has 0 aromatic carbocycles. The molecule has 2 heterocycles. The first-order valence-corrected chi connectivity index (χ1v) is 6.88. The minimum Gasteiger partial charge on any atom is -0.340 e. The Morgan fingerprint density at radius 1 is 1.21 bits per heavy atom. The van der Waals surface area contributed by atoms with Crippen molar-refractivity contribution in [3.8, 4) is 0 Å². The van der Waals surface area contributed by atoms with Gasteiger partial charge in [-0.15, -0.1) is 0 Å². The highest BCUT2D eigenvalue weighted by Crippen LogP contribution is 2.09. The lowest BCUT2D eigenvalue weighted by molar-refractivity contribution is -0.133. The quantitative estimate of drug-likeness (QED) is 0.837. The summed E-state index contributed by atoms with van der Waals surface area (Å²) >= 11 is 0. The third-order valence-electron chi connectivity index (χ3n) is 3.48. The number of hydrogen-bond acceptors (Lipinski definition) is 4. The Morgan fingerprint density at radius 3 is 2.53 bits per heavy atom. The Kier molecular flexibility index (Phi) is 5.30. The fourth-order valence-electron chi connectivity index (χ4n) is 2.31. The molecule has 0 bridgehead atoms. The van der Waals surface area contributed by atoms with Crippen LogP contribution in [0, 0.1) is 0 Å². The van der Waals surface area contributed by atoms with Crippen LogP contribution in [0.15, 0.2) is 24.5 Å². The number of hydrogen-bond donors (Lipinski definition) is 1. The SMILES string of the molecule is NCCCC(=O)N1CCN(Cc2ccncc2)CC1. The molecule has 2 rings (SSSR count). The van der Waals surface area contributed by atoms with E-state index in [4.69, 9.17) is 5.73 Å². The van der Waals surface area contributed by atoms with Crippen molar-refractivity contribution in [2.45, 2.75) is 19.4 Å². The van der Waals surface area contributed by atoms with E-state index in [2.05, 4.69) is 9.88 Å². The van der Waals surface area contributed by atoms with E-state index in [9.17, 15) is 4.79 Å². The van der Waals surface area contributed by atoms with Crippen LogP contribution in [0.5, 0.6) is 0 Å². The normalized spacial score (nSPS) is 16.6. The fraction of sp³-hybridized carbons (Fsp3) is 0.571. The van der Waals surface area contributed by atoms with Gasteiger partial charge in [0.05, 0.1) is 0 Å². The molecule has 19 heavy (non-hydrogen) atoms. The molecule has 1 aromatic heterocycles. The Labute approximate surface area is 114 Å². The summed E-state index contributed by atoms with van der Waals surface area (Å²) in [6, 6.07) is 4.08. The van der Waals surface area contributed by atoms with Gasteiger partial charge in [0.25, 0.3) is 0 Å². The van der Waals surface area contributed by atoms with Crippen LogP contribution in [0.25, 0.3) is 0 Å². The first-order valence-electron chi connectivity index (χ1n) is 6.88. The summed E-state index contributed by atoms with van der Waals surface area (Å²) in [5, 5.41) is 0. The highest BCUT2D eigenvalue weighted by Gasteiger charge is 2.20. The molecule has 5 nitrogen and oxygen atoms in total. The van der Waals surface area contributed by atoms with Crippen molar-refractivity contribution in [2.75, 3.05) is 32.7 Å². The molecular weight excluding hydrogens is 240 g/mol. The van der Waals surface area contributed by atoms with Gasteiger partial charge in [-0.2, -0.15) is 0 Å².